The van der Waals surface area contributed by atoms with Gasteiger partial charge in [-0.05, 0) is 73.6 Å². The van der Waals surface area contributed by atoms with Gasteiger partial charge < -0.3 is 24.8 Å². The average Bonchev–Trinajstić information content (AvgIpc) is 2.71. The van der Waals surface area contributed by atoms with Crippen LogP contribution in [-0.2, 0) is 9.47 Å². The molecule has 0 unspecified atom stereocenters. The topological polar surface area (TPSA) is 88.1 Å². The number of hydrogen-bond donors (Lipinski definition) is 2. The van der Waals surface area contributed by atoms with E-state index in [0.29, 0.717) is 12.8 Å². The van der Waals surface area contributed by atoms with E-state index in [4.69, 9.17) is 9.47 Å². The maximum Gasteiger partial charge on any atom is 0.410 e. The molecule has 0 aromatic heterocycles. The van der Waals surface area contributed by atoms with Crippen molar-refractivity contribution in [2.45, 2.75) is 136 Å². The maximum absolute atomic E-state index is 12.9. The van der Waals surface area contributed by atoms with Crippen molar-refractivity contribution in [2.24, 2.45) is 0 Å². The molecule has 0 spiro atoms. The van der Waals surface area contributed by atoms with Crippen LogP contribution in [0.1, 0.15) is 106 Å². The van der Waals surface area contributed by atoms with Gasteiger partial charge in [-0.1, -0.05) is 56.9 Å². The van der Waals surface area contributed by atoms with Crippen LogP contribution in [0.15, 0.2) is 24.3 Å². The third-order valence-electron chi connectivity index (χ3n) is 5.67. The molecule has 3 atom stereocenters. The van der Waals surface area contributed by atoms with Crippen molar-refractivity contribution < 1.29 is 24.2 Å². The molecule has 0 saturated carbocycles. The molecule has 7 heteroatoms. The van der Waals surface area contributed by atoms with Gasteiger partial charge in [-0.15, -0.1) is 0 Å². The van der Waals surface area contributed by atoms with Crippen molar-refractivity contribution in [3.63, 3.8) is 0 Å². The number of hydrogen-bond acceptors (Lipinski definition) is 5. The highest BCUT2D eigenvalue weighted by Gasteiger charge is 2.39. The molecule has 0 aliphatic carbocycles. The maximum atomic E-state index is 12.9. The van der Waals surface area contributed by atoms with E-state index in [0.717, 1.165) is 12.8 Å². The second-order valence-electron chi connectivity index (χ2n) is 11.5. The highest BCUT2D eigenvalue weighted by Crippen LogP contribution is 2.25. The Labute approximate surface area is 213 Å². The first-order chi connectivity index (χ1) is 16.3. The van der Waals surface area contributed by atoms with E-state index in [-0.39, 0.29) is 12.6 Å². The summed E-state index contributed by atoms with van der Waals surface area (Å²) in [5.41, 5.74) is -1.28. The van der Waals surface area contributed by atoms with Crippen molar-refractivity contribution in [1.82, 2.24) is 10.2 Å². The average molecular weight is 495 g/mol. The number of aliphatic hydroxyl groups is 1. The van der Waals surface area contributed by atoms with Gasteiger partial charge >= 0.3 is 12.2 Å². The number of piperidine rings is 1. The van der Waals surface area contributed by atoms with E-state index in [1.54, 1.807) is 25.7 Å². The van der Waals surface area contributed by atoms with Crippen LogP contribution in [0.3, 0.4) is 0 Å². The van der Waals surface area contributed by atoms with E-state index in [2.05, 4.69) is 36.5 Å². The molecule has 35 heavy (non-hydrogen) atoms. The molecule has 2 N–H and O–H groups in total. The van der Waals surface area contributed by atoms with E-state index >= 15 is 0 Å². The summed E-state index contributed by atoms with van der Waals surface area (Å²) in [6.07, 6.45) is 16.0. The Kier molecular flexibility index (Phi) is 13.4. The zero-order valence-electron chi connectivity index (χ0n) is 23.1. The van der Waals surface area contributed by atoms with Gasteiger partial charge in [0.25, 0.3) is 0 Å². The van der Waals surface area contributed by atoms with Crippen molar-refractivity contribution in [1.29, 1.82) is 0 Å². The van der Waals surface area contributed by atoms with Crippen molar-refractivity contribution in [3.05, 3.63) is 24.3 Å². The first kappa shape index (κ1) is 31.0. The zero-order chi connectivity index (χ0) is 26.5. The molecule has 0 radical (unpaired) electrons. The lowest BCUT2D eigenvalue weighted by Gasteiger charge is -2.42. The van der Waals surface area contributed by atoms with E-state index < -0.39 is 35.5 Å². The van der Waals surface area contributed by atoms with Crippen LogP contribution in [0.25, 0.3) is 0 Å². The SMILES string of the molecule is CCCCCCC/C=C\C=C\CC[C@@H]1C[C@@H](O)[C@@H](NC(=O)OC(C)(C)C)CN1C(=O)OC(C)(C)C. The molecule has 1 aliphatic rings. The third-order valence-corrected chi connectivity index (χ3v) is 5.67. The minimum atomic E-state index is -0.775. The Morgan fingerprint density at radius 2 is 1.54 bits per heavy atom. The summed E-state index contributed by atoms with van der Waals surface area (Å²) < 4.78 is 10.9. The van der Waals surface area contributed by atoms with Crippen LogP contribution in [0, 0.1) is 0 Å². The lowest BCUT2D eigenvalue weighted by atomic mass is 9.92. The van der Waals surface area contributed by atoms with Gasteiger partial charge in [0, 0.05) is 12.6 Å². The summed E-state index contributed by atoms with van der Waals surface area (Å²) >= 11 is 0. The molecule has 0 aromatic carbocycles. The van der Waals surface area contributed by atoms with Gasteiger partial charge in [-0.25, -0.2) is 9.59 Å². The molecular weight excluding hydrogens is 444 g/mol. The van der Waals surface area contributed by atoms with Crippen molar-refractivity contribution in [3.8, 4) is 0 Å². The Morgan fingerprint density at radius 3 is 2.14 bits per heavy atom. The number of ether oxygens (including phenoxy) is 2. The second kappa shape index (κ2) is 15.2. The first-order valence-electron chi connectivity index (χ1n) is 13.3. The van der Waals surface area contributed by atoms with Gasteiger partial charge in [-0.2, -0.15) is 0 Å². The summed E-state index contributed by atoms with van der Waals surface area (Å²) in [5, 5.41) is 13.4. The predicted molar refractivity (Wildman–Crippen MR) is 141 cm³/mol. The van der Waals surface area contributed by atoms with Gasteiger partial charge in [0.15, 0.2) is 0 Å². The number of carbonyl (C=O) groups excluding carboxylic acids is 2. The number of rotatable bonds is 11. The number of likely N-dealkylation sites (tertiary alicyclic amines) is 1. The molecule has 1 heterocycles. The number of alkyl carbamates (subject to hydrolysis) is 1. The van der Waals surface area contributed by atoms with Crippen LogP contribution >= 0.6 is 0 Å². The van der Waals surface area contributed by atoms with Crippen LogP contribution in [0.5, 0.6) is 0 Å². The minimum absolute atomic E-state index is 0.168. The molecule has 1 saturated heterocycles. The number of allylic oxidation sites excluding steroid dienone is 4. The Morgan fingerprint density at radius 1 is 0.943 bits per heavy atom. The van der Waals surface area contributed by atoms with Gasteiger partial charge in [-0.3, -0.25) is 0 Å². The molecule has 1 fully saturated rings. The van der Waals surface area contributed by atoms with Crippen LogP contribution in [0.4, 0.5) is 9.59 Å². The number of nitrogens with zero attached hydrogens (tertiary/aromatic N) is 1. The summed E-state index contributed by atoms with van der Waals surface area (Å²) in [6.45, 7) is 13.2. The smallest absolute Gasteiger partial charge is 0.410 e. The molecule has 202 valence electrons. The minimum Gasteiger partial charge on any atom is -0.444 e. The lowest BCUT2D eigenvalue weighted by Crippen LogP contribution is -2.60. The highest BCUT2D eigenvalue weighted by atomic mass is 16.6. The lowest BCUT2D eigenvalue weighted by molar-refractivity contribution is -0.0241. The van der Waals surface area contributed by atoms with Crippen LogP contribution in [0.2, 0.25) is 0 Å². The standard InChI is InChI=1S/C28H50N2O5/c1-8-9-10-11-12-13-14-15-16-17-18-19-22-20-24(31)23(29-25(32)34-27(2,3)4)21-30(22)26(33)35-28(5,6)7/h14-17,22-24,31H,8-13,18-21H2,1-7H3,(H,29,32)/b15-14-,17-16+/t22-,23+,24-/m1/s1. The molecule has 2 amide bonds. The summed E-state index contributed by atoms with van der Waals surface area (Å²) in [7, 11) is 0. The number of nitrogens with one attached hydrogen (secondary N) is 1. The summed E-state index contributed by atoms with van der Waals surface area (Å²) in [4.78, 5) is 26.8. The van der Waals surface area contributed by atoms with Crippen LogP contribution in [-0.4, -0.2) is 58.1 Å². The summed E-state index contributed by atoms with van der Waals surface area (Å²) in [5.74, 6) is 0. The predicted octanol–water partition coefficient (Wildman–Crippen LogP) is 6.50. The molecular formula is C28H50N2O5. The molecule has 7 nitrogen and oxygen atoms in total. The van der Waals surface area contributed by atoms with E-state index in [1.165, 1.54) is 32.1 Å². The molecule has 0 aromatic rings. The van der Waals surface area contributed by atoms with Gasteiger partial charge in [0.05, 0.1) is 12.1 Å². The van der Waals surface area contributed by atoms with Gasteiger partial charge in [0.1, 0.15) is 11.2 Å². The fourth-order valence-electron chi connectivity index (χ4n) is 3.98. The first-order valence-corrected chi connectivity index (χ1v) is 13.3. The number of aliphatic hydroxyl groups excluding tert-OH is 1. The zero-order valence-corrected chi connectivity index (χ0v) is 23.1. The Balaban J connectivity index is 2.66. The van der Waals surface area contributed by atoms with Gasteiger partial charge in [0.2, 0.25) is 0 Å². The third kappa shape index (κ3) is 14.2. The Hall–Kier alpha value is -2.02. The number of amides is 2. The number of unbranched alkanes of at least 4 members (excludes halogenated alkanes) is 5. The monoisotopic (exact) mass is 494 g/mol. The number of carbonyl (C=O) groups is 2. The molecule has 1 rings (SSSR count). The largest absolute Gasteiger partial charge is 0.444 e. The van der Waals surface area contributed by atoms with E-state index in [9.17, 15) is 14.7 Å². The fraction of sp³-hybridized carbons (Fsp3) is 0.786. The summed E-state index contributed by atoms with van der Waals surface area (Å²) in [6, 6.07) is -0.798. The van der Waals surface area contributed by atoms with Crippen molar-refractivity contribution >= 4 is 12.2 Å². The van der Waals surface area contributed by atoms with E-state index in [1.807, 2.05) is 20.8 Å². The highest BCUT2D eigenvalue weighted by molar-refractivity contribution is 5.70. The van der Waals surface area contributed by atoms with Crippen LogP contribution < -0.4 is 5.32 Å². The second-order valence-corrected chi connectivity index (χ2v) is 11.5. The molecule has 1 aliphatic heterocycles. The van der Waals surface area contributed by atoms with Crippen molar-refractivity contribution in [2.75, 3.05) is 6.54 Å². The molecule has 0 bridgehead atoms. The normalized spacial score (nSPS) is 21.5. The quantitative estimate of drug-likeness (QED) is 0.253. The Bertz CT molecular complexity index is 690. The fourth-order valence-corrected chi connectivity index (χ4v) is 3.98.